The minimum atomic E-state index is 0.731. The lowest BCUT2D eigenvalue weighted by atomic mass is 10.2. The van der Waals surface area contributed by atoms with E-state index in [1.54, 1.807) is 12.1 Å². The molecule has 1 aromatic carbocycles. The highest BCUT2D eigenvalue weighted by Gasteiger charge is 1.85. The molecule has 1 aromatic rings. The van der Waals surface area contributed by atoms with Crippen molar-refractivity contribution in [3.8, 4) is 11.8 Å². The van der Waals surface area contributed by atoms with E-state index in [0.717, 1.165) is 10.6 Å². The number of hydrogen-bond acceptors (Lipinski definition) is 0. The van der Waals surface area contributed by atoms with Gasteiger partial charge in [0.1, 0.15) is 0 Å². The fraction of sp³-hybridized carbons (Fsp3) is 0. The predicted molar refractivity (Wildman–Crippen MR) is 43.7 cm³/mol. The molecule has 0 aliphatic heterocycles. The SMILES string of the molecule is [CH2]C#Cc1ccc(Cl)cc1. The van der Waals surface area contributed by atoms with Crippen molar-refractivity contribution in [2.24, 2.45) is 0 Å². The van der Waals surface area contributed by atoms with E-state index in [1.165, 1.54) is 0 Å². The Balaban J connectivity index is 2.97. The van der Waals surface area contributed by atoms with Crippen LogP contribution in [0.3, 0.4) is 0 Å². The lowest BCUT2D eigenvalue weighted by Gasteiger charge is -1.88. The Labute approximate surface area is 65.8 Å². The molecule has 0 N–H and O–H groups in total. The average molecular weight is 150 g/mol. The molecule has 0 saturated heterocycles. The van der Waals surface area contributed by atoms with E-state index in [9.17, 15) is 0 Å². The third-order valence-corrected chi connectivity index (χ3v) is 1.33. The lowest BCUT2D eigenvalue weighted by molar-refractivity contribution is 1.65. The predicted octanol–water partition coefficient (Wildman–Crippen LogP) is 2.53. The van der Waals surface area contributed by atoms with Crippen LogP contribution in [-0.2, 0) is 0 Å². The Morgan fingerprint density at radius 3 is 2.30 bits per heavy atom. The van der Waals surface area contributed by atoms with Gasteiger partial charge in [0.2, 0.25) is 0 Å². The molecule has 1 heteroatoms. The molecule has 0 nitrogen and oxygen atoms in total. The lowest BCUT2D eigenvalue weighted by Crippen LogP contribution is -1.70. The van der Waals surface area contributed by atoms with E-state index in [-0.39, 0.29) is 0 Å². The van der Waals surface area contributed by atoms with Crippen molar-refractivity contribution in [3.05, 3.63) is 41.8 Å². The zero-order valence-corrected chi connectivity index (χ0v) is 6.15. The highest BCUT2D eigenvalue weighted by molar-refractivity contribution is 6.30. The number of benzene rings is 1. The molecular weight excluding hydrogens is 144 g/mol. The van der Waals surface area contributed by atoms with E-state index < -0.39 is 0 Å². The third-order valence-electron chi connectivity index (χ3n) is 1.08. The van der Waals surface area contributed by atoms with Crippen molar-refractivity contribution < 1.29 is 0 Å². The minimum absolute atomic E-state index is 0.731. The van der Waals surface area contributed by atoms with Gasteiger partial charge in [-0.25, -0.2) is 0 Å². The summed E-state index contributed by atoms with van der Waals surface area (Å²) in [6.07, 6.45) is 0. The van der Waals surface area contributed by atoms with Gasteiger partial charge in [0.05, 0.1) is 0 Å². The molecule has 0 fully saturated rings. The van der Waals surface area contributed by atoms with Gasteiger partial charge in [-0.1, -0.05) is 23.4 Å². The van der Waals surface area contributed by atoms with Gasteiger partial charge in [0, 0.05) is 17.5 Å². The van der Waals surface area contributed by atoms with Gasteiger partial charge < -0.3 is 0 Å². The number of halogens is 1. The van der Waals surface area contributed by atoms with E-state index in [4.69, 9.17) is 11.6 Å². The molecule has 0 aliphatic carbocycles. The summed E-state index contributed by atoms with van der Waals surface area (Å²) in [4.78, 5) is 0. The van der Waals surface area contributed by atoms with E-state index in [0.29, 0.717) is 0 Å². The summed E-state index contributed by atoms with van der Waals surface area (Å²) in [7, 11) is 0. The molecule has 0 heterocycles. The summed E-state index contributed by atoms with van der Waals surface area (Å²) in [5, 5.41) is 0.731. The Hall–Kier alpha value is -0.930. The topological polar surface area (TPSA) is 0 Å². The number of hydrogen-bond donors (Lipinski definition) is 0. The van der Waals surface area contributed by atoms with Gasteiger partial charge in [-0.05, 0) is 24.3 Å². The van der Waals surface area contributed by atoms with Crippen molar-refractivity contribution in [2.75, 3.05) is 0 Å². The molecule has 49 valence electrons. The second-order valence-electron chi connectivity index (χ2n) is 1.81. The summed E-state index contributed by atoms with van der Waals surface area (Å²) in [5.74, 6) is 5.38. The molecule has 0 aromatic heterocycles. The summed E-state index contributed by atoms with van der Waals surface area (Å²) in [6, 6.07) is 7.34. The monoisotopic (exact) mass is 149 g/mol. The van der Waals surface area contributed by atoms with Crippen LogP contribution < -0.4 is 0 Å². The first-order valence-corrected chi connectivity index (χ1v) is 3.24. The molecule has 1 radical (unpaired) electrons. The molecule has 10 heavy (non-hydrogen) atoms. The second-order valence-corrected chi connectivity index (χ2v) is 2.25. The molecule has 0 atom stereocenters. The fourth-order valence-electron chi connectivity index (χ4n) is 0.635. The summed E-state index contributed by atoms with van der Waals surface area (Å²) >= 11 is 5.65. The quantitative estimate of drug-likeness (QED) is 0.498. The van der Waals surface area contributed by atoms with Gasteiger partial charge in [-0.3, -0.25) is 0 Å². The van der Waals surface area contributed by atoms with Crippen molar-refractivity contribution in [3.63, 3.8) is 0 Å². The molecular formula is C9H6Cl. The first-order valence-electron chi connectivity index (χ1n) is 2.86. The first-order chi connectivity index (χ1) is 4.83. The maximum absolute atomic E-state index is 5.65. The summed E-state index contributed by atoms with van der Waals surface area (Å²) < 4.78 is 0. The van der Waals surface area contributed by atoms with Crippen LogP contribution in [0.2, 0.25) is 5.02 Å². The smallest absolute Gasteiger partial charge is 0.0406 e. The zero-order chi connectivity index (χ0) is 7.40. The normalized spacial score (nSPS) is 8.20. The van der Waals surface area contributed by atoms with Crippen LogP contribution in [0.5, 0.6) is 0 Å². The van der Waals surface area contributed by atoms with Crippen molar-refractivity contribution in [2.45, 2.75) is 0 Å². The van der Waals surface area contributed by atoms with Gasteiger partial charge in [-0.15, -0.1) is 0 Å². The Kier molecular flexibility index (Phi) is 2.36. The van der Waals surface area contributed by atoms with Crippen molar-refractivity contribution >= 4 is 11.6 Å². The van der Waals surface area contributed by atoms with Crippen LogP contribution in [0.4, 0.5) is 0 Å². The highest BCUT2D eigenvalue weighted by atomic mass is 35.5. The molecule has 0 aliphatic rings. The van der Waals surface area contributed by atoms with Crippen LogP contribution in [0, 0.1) is 18.8 Å². The molecule has 0 spiro atoms. The van der Waals surface area contributed by atoms with E-state index >= 15 is 0 Å². The Morgan fingerprint density at radius 1 is 1.20 bits per heavy atom. The second kappa shape index (κ2) is 3.29. The van der Waals surface area contributed by atoms with Crippen LogP contribution in [0.15, 0.2) is 24.3 Å². The third kappa shape index (κ3) is 1.79. The van der Waals surface area contributed by atoms with E-state index in [1.807, 2.05) is 12.1 Å². The maximum atomic E-state index is 5.65. The van der Waals surface area contributed by atoms with Crippen LogP contribution in [0.25, 0.3) is 0 Å². The van der Waals surface area contributed by atoms with Crippen LogP contribution in [-0.4, -0.2) is 0 Å². The Morgan fingerprint density at radius 2 is 1.80 bits per heavy atom. The molecule has 0 saturated carbocycles. The van der Waals surface area contributed by atoms with Crippen molar-refractivity contribution in [1.29, 1.82) is 0 Å². The van der Waals surface area contributed by atoms with Crippen LogP contribution >= 0.6 is 11.6 Å². The van der Waals surface area contributed by atoms with Gasteiger partial charge >= 0.3 is 0 Å². The molecule has 0 amide bonds. The molecule has 0 bridgehead atoms. The number of rotatable bonds is 0. The maximum Gasteiger partial charge on any atom is 0.0406 e. The largest absolute Gasteiger partial charge is 0.0969 e. The summed E-state index contributed by atoms with van der Waals surface area (Å²) in [5.41, 5.74) is 0.944. The van der Waals surface area contributed by atoms with Crippen LogP contribution in [0.1, 0.15) is 5.56 Å². The fourth-order valence-corrected chi connectivity index (χ4v) is 0.761. The van der Waals surface area contributed by atoms with E-state index in [2.05, 4.69) is 18.8 Å². The first kappa shape index (κ1) is 7.18. The minimum Gasteiger partial charge on any atom is -0.0969 e. The molecule has 0 unspecified atom stereocenters. The van der Waals surface area contributed by atoms with Gasteiger partial charge in [0.15, 0.2) is 0 Å². The standard InChI is InChI=1S/C9H6Cl/c1-2-3-8-4-6-9(10)7-5-8/h4-7H,1H2. The van der Waals surface area contributed by atoms with Gasteiger partial charge in [0.25, 0.3) is 0 Å². The zero-order valence-electron chi connectivity index (χ0n) is 5.39. The average Bonchev–Trinajstić information content (AvgIpc) is 1.95. The Bertz CT molecular complexity index is 261. The highest BCUT2D eigenvalue weighted by Crippen LogP contribution is 2.07. The van der Waals surface area contributed by atoms with Gasteiger partial charge in [-0.2, -0.15) is 0 Å². The van der Waals surface area contributed by atoms with Crippen molar-refractivity contribution in [1.82, 2.24) is 0 Å². The molecule has 1 rings (SSSR count). The summed E-state index contributed by atoms with van der Waals surface area (Å²) in [6.45, 7) is 3.41.